The highest BCUT2D eigenvalue weighted by Crippen LogP contribution is 2.13. The second kappa shape index (κ2) is 12.5. The van der Waals surface area contributed by atoms with Crippen LogP contribution in [0.25, 0.3) is 0 Å². The minimum Gasteiger partial charge on any atom is -0.357 e. The Bertz CT molecular complexity index is 537. The third kappa shape index (κ3) is 7.82. The van der Waals surface area contributed by atoms with Gasteiger partial charge in [0, 0.05) is 32.2 Å². The zero-order valence-electron chi connectivity index (χ0n) is 16.9. The van der Waals surface area contributed by atoms with Crippen molar-refractivity contribution in [2.75, 3.05) is 26.2 Å². The molecule has 1 aliphatic heterocycles. The molecule has 26 heavy (non-hydrogen) atoms. The molecule has 1 aromatic rings. The predicted molar refractivity (Wildman–Crippen MR) is 123 cm³/mol. The highest BCUT2D eigenvalue weighted by Gasteiger charge is 2.20. The third-order valence-electron chi connectivity index (χ3n) is 4.80. The van der Waals surface area contributed by atoms with Crippen molar-refractivity contribution in [2.24, 2.45) is 10.9 Å². The summed E-state index contributed by atoms with van der Waals surface area (Å²) in [6, 6.07) is 9.14. The van der Waals surface area contributed by atoms with E-state index in [0.717, 1.165) is 31.4 Å². The Morgan fingerprint density at radius 1 is 1.15 bits per heavy atom. The van der Waals surface area contributed by atoms with E-state index >= 15 is 0 Å². The Kier molecular flexibility index (Phi) is 11.2. The van der Waals surface area contributed by atoms with E-state index < -0.39 is 0 Å². The van der Waals surface area contributed by atoms with Crippen LogP contribution in [0.5, 0.6) is 0 Å². The summed E-state index contributed by atoms with van der Waals surface area (Å²) in [4.78, 5) is 7.42. The van der Waals surface area contributed by atoms with Crippen molar-refractivity contribution in [3.63, 3.8) is 0 Å². The summed E-state index contributed by atoms with van der Waals surface area (Å²) in [5.74, 6) is 1.71. The third-order valence-corrected chi connectivity index (χ3v) is 4.80. The fourth-order valence-corrected chi connectivity index (χ4v) is 3.51. The lowest BCUT2D eigenvalue weighted by atomic mass is 10.0. The number of hydrogen-bond donors (Lipinski definition) is 2. The van der Waals surface area contributed by atoms with E-state index in [2.05, 4.69) is 67.5 Å². The van der Waals surface area contributed by atoms with Gasteiger partial charge in [-0.05, 0) is 43.2 Å². The lowest BCUT2D eigenvalue weighted by molar-refractivity contribution is 0.187. The first-order chi connectivity index (χ1) is 12.1. The van der Waals surface area contributed by atoms with Crippen LogP contribution in [0.3, 0.4) is 0 Å². The molecule has 0 saturated carbocycles. The van der Waals surface area contributed by atoms with E-state index in [4.69, 9.17) is 4.99 Å². The monoisotopic (exact) mass is 472 g/mol. The van der Waals surface area contributed by atoms with Gasteiger partial charge in [0.1, 0.15) is 0 Å². The molecule has 1 heterocycles. The van der Waals surface area contributed by atoms with Crippen molar-refractivity contribution in [1.82, 2.24) is 15.5 Å². The molecular formula is C21H37IN4. The number of nitrogens with one attached hydrogen (secondary N) is 2. The molecule has 2 N–H and O–H groups in total. The Labute approximate surface area is 177 Å². The minimum atomic E-state index is 0. The average Bonchev–Trinajstić information content (AvgIpc) is 2.61. The SMILES string of the molecule is CCNC(=NCc1ccccc1CC)NC1CCN(CC(C)C)CC1.I. The molecule has 5 heteroatoms. The second-order valence-electron chi connectivity index (χ2n) is 7.43. The Morgan fingerprint density at radius 2 is 1.81 bits per heavy atom. The van der Waals surface area contributed by atoms with Gasteiger partial charge in [0.2, 0.25) is 0 Å². The van der Waals surface area contributed by atoms with Gasteiger partial charge in [-0.25, -0.2) is 4.99 Å². The number of aliphatic imine (C=N–C) groups is 1. The molecule has 0 aliphatic carbocycles. The van der Waals surface area contributed by atoms with Crippen molar-refractivity contribution >= 4 is 29.9 Å². The number of benzene rings is 1. The van der Waals surface area contributed by atoms with Gasteiger partial charge in [-0.2, -0.15) is 0 Å². The van der Waals surface area contributed by atoms with Gasteiger partial charge >= 0.3 is 0 Å². The van der Waals surface area contributed by atoms with Crippen LogP contribution in [0.15, 0.2) is 29.3 Å². The van der Waals surface area contributed by atoms with E-state index in [9.17, 15) is 0 Å². The maximum Gasteiger partial charge on any atom is 0.191 e. The highest BCUT2D eigenvalue weighted by molar-refractivity contribution is 14.0. The molecule has 2 rings (SSSR count). The summed E-state index contributed by atoms with van der Waals surface area (Å²) in [6.07, 6.45) is 3.45. The molecule has 0 radical (unpaired) electrons. The van der Waals surface area contributed by atoms with E-state index in [0.29, 0.717) is 6.04 Å². The summed E-state index contributed by atoms with van der Waals surface area (Å²) >= 11 is 0. The van der Waals surface area contributed by atoms with Crippen LogP contribution in [-0.2, 0) is 13.0 Å². The average molecular weight is 472 g/mol. The van der Waals surface area contributed by atoms with Crippen molar-refractivity contribution in [3.8, 4) is 0 Å². The molecule has 1 saturated heterocycles. The first-order valence-corrected chi connectivity index (χ1v) is 9.96. The van der Waals surface area contributed by atoms with E-state index in [1.807, 2.05) is 0 Å². The summed E-state index contributed by atoms with van der Waals surface area (Å²) in [5.41, 5.74) is 2.72. The van der Waals surface area contributed by atoms with E-state index in [1.165, 1.54) is 43.6 Å². The van der Waals surface area contributed by atoms with Crippen LogP contribution in [0.2, 0.25) is 0 Å². The van der Waals surface area contributed by atoms with Crippen LogP contribution < -0.4 is 10.6 Å². The molecule has 0 aromatic heterocycles. The first kappa shape index (κ1) is 23.2. The van der Waals surface area contributed by atoms with Crippen LogP contribution in [-0.4, -0.2) is 43.1 Å². The predicted octanol–water partition coefficient (Wildman–Crippen LogP) is 4.04. The van der Waals surface area contributed by atoms with Crippen molar-refractivity contribution in [3.05, 3.63) is 35.4 Å². The fourth-order valence-electron chi connectivity index (χ4n) is 3.51. The van der Waals surface area contributed by atoms with Crippen molar-refractivity contribution in [2.45, 2.75) is 59.5 Å². The number of halogens is 1. The minimum absolute atomic E-state index is 0. The number of aryl methyl sites for hydroxylation is 1. The lowest BCUT2D eigenvalue weighted by Crippen LogP contribution is -2.49. The summed E-state index contributed by atoms with van der Waals surface area (Å²) in [7, 11) is 0. The quantitative estimate of drug-likeness (QED) is 0.358. The van der Waals surface area contributed by atoms with Crippen molar-refractivity contribution in [1.29, 1.82) is 0 Å². The van der Waals surface area contributed by atoms with Gasteiger partial charge in [-0.15, -0.1) is 24.0 Å². The van der Waals surface area contributed by atoms with E-state index in [1.54, 1.807) is 0 Å². The highest BCUT2D eigenvalue weighted by atomic mass is 127. The van der Waals surface area contributed by atoms with Crippen LogP contribution in [0, 0.1) is 5.92 Å². The van der Waals surface area contributed by atoms with Crippen LogP contribution >= 0.6 is 24.0 Å². The summed E-state index contributed by atoms with van der Waals surface area (Å²) in [5, 5.41) is 7.06. The molecule has 4 nitrogen and oxygen atoms in total. The van der Waals surface area contributed by atoms with Crippen LogP contribution in [0.1, 0.15) is 51.7 Å². The van der Waals surface area contributed by atoms with Crippen LogP contribution in [0.4, 0.5) is 0 Å². The number of rotatable bonds is 7. The van der Waals surface area contributed by atoms with Gasteiger partial charge in [-0.3, -0.25) is 0 Å². The standard InChI is InChI=1S/C21H36N4.HI/c1-5-18-9-7-8-10-19(18)15-23-21(22-6-2)24-20-11-13-25(14-12-20)16-17(3)4;/h7-10,17,20H,5-6,11-16H2,1-4H3,(H2,22,23,24);1H. The Hall–Kier alpha value is -0.820. The number of guanidine groups is 1. The Morgan fingerprint density at radius 3 is 2.38 bits per heavy atom. The number of likely N-dealkylation sites (tertiary alicyclic amines) is 1. The topological polar surface area (TPSA) is 39.7 Å². The maximum atomic E-state index is 4.83. The zero-order valence-corrected chi connectivity index (χ0v) is 19.3. The van der Waals surface area contributed by atoms with Gasteiger partial charge in [0.05, 0.1) is 6.54 Å². The second-order valence-corrected chi connectivity index (χ2v) is 7.43. The molecule has 148 valence electrons. The zero-order chi connectivity index (χ0) is 18.1. The molecule has 0 spiro atoms. The molecular weight excluding hydrogens is 435 g/mol. The van der Waals surface area contributed by atoms with Gasteiger partial charge in [0.15, 0.2) is 5.96 Å². The molecule has 0 bridgehead atoms. The molecule has 1 fully saturated rings. The molecule has 0 amide bonds. The lowest BCUT2D eigenvalue weighted by Gasteiger charge is -2.34. The molecule has 1 aromatic carbocycles. The summed E-state index contributed by atoms with van der Waals surface area (Å²) < 4.78 is 0. The largest absolute Gasteiger partial charge is 0.357 e. The van der Waals surface area contributed by atoms with Gasteiger partial charge in [0.25, 0.3) is 0 Å². The van der Waals surface area contributed by atoms with E-state index in [-0.39, 0.29) is 24.0 Å². The number of nitrogens with zero attached hydrogens (tertiary/aromatic N) is 2. The fraction of sp³-hybridized carbons (Fsp3) is 0.667. The Balaban J connectivity index is 0.00000338. The van der Waals surface area contributed by atoms with Gasteiger partial charge < -0.3 is 15.5 Å². The molecule has 0 atom stereocenters. The maximum absolute atomic E-state index is 4.83. The van der Waals surface area contributed by atoms with Crippen molar-refractivity contribution < 1.29 is 0 Å². The first-order valence-electron chi connectivity index (χ1n) is 9.96. The van der Waals surface area contributed by atoms with Gasteiger partial charge in [-0.1, -0.05) is 45.0 Å². The number of piperidine rings is 1. The smallest absolute Gasteiger partial charge is 0.191 e. The number of hydrogen-bond acceptors (Lipinski definition) is 2. The molecule has 0 unspecified atom stereocenters. The normalized spacial score (nSPS) is 16.4. The summed E-state index contributed by atoms with van der Waals surface area (Å²) in [6.45, 7) is 14.2. The molecule has 1 aliphatic rings.